The van der Waals surface area contributed by atoms with Gasteiger partial charge in [0.05, 0.1) is 11.7 Å². The molecule has 1 heterocycles. The zero-order valence-corrected chi connectivity index (χ0v) is 12.1. The Hall–Kier alpha value is -1.35. The van der Waals surface area contributed by atoms with Crippen LogP contribution in [-0.2, 0) is 0 Å². The maximum atomic E-state index is 11.6. The Bertz CT molecular complexity index is 436. The summed E-state index contributed by atoms with van der Waals surface area (Å²) >= 11 is 0. The van der Waals surface area contributed by atoms with E-state index in [9.17, 15) is 4.79 Å². The maximum absolute atomic E-state index is 11.6. The van der Waals surface area contributed by atoms with Crippen molar-refractivity contribution >= 4 is 5.78 Å². The highest BCUT2D eigenvalue weighted by Crippen LogP contribution is 2.26. The van der Waals surface area contributed by atoms with Crippen molar-refractivity contribution in [3.8, 4) is 5.75 Å². The lowest BCUT2D eigenvalue weighted by molar-refractivity contribution is 0.0926. The molecule has 0 aromatic heterocycles. The first-order valence-corrected chi connectivity index (χ1v) is 7.03. The molecule has 0 spiro atoms. The van der Waals surface area contributed by atoms with Gasteiger partial charge in [-0.1, -0.05) is 12.1 Å². The predicted octanol–water partition coefficient (Wildman–Crippen LogP) is 3.00. The quantitative estimate of drug-likeness (QED) is 0.780. The summed E-state index contributed by atoms with van der Waals surface area (Å²) in [6, 6.07) is 7.52. The second-order valence-electron chi connectivity index (χ2n) is 5.52. The number of hydrogen-bond donors (Lipinski definition) is 0. The zero-order chi connectivity index (χ0) is 13.8. The molecule has 0 radical (unpaired) electrons. The monoisotopic (exact) mass is 261 g/mol. The molecule has 3 heteroatoms. The Morgan fingerprint density at radius 1 is 1.32 bits per heavy atom. The van der Waals surface area contributed by atoms with Gasteiger partial charge >= 0.3 is 0 Å². The van der Waals surface area contributed by atoms with Crippen LogP contribution in [0.1, 0.15) is 37.0 Å². The van der Waals surface area contributed by atoms with Crippen molar-refractivity contribution in [2.45, 2.75) is 32.8 Å². The van der Waals surface area contributed by atoms with E-state index in [2.05, 4.69) is 18.9 Å². The van der Waals surface area contributed by atoms with Crippen molar-refractivity contribution in [1.29, 1.82) is 0 Å². The van der Waals surface area contributed by atoms with Crippen LogP contribution < -0.4 is 4.74 Å². The molecule has 1 fully saturated rings. The molecular weight excluding hydrogens is 238 g/mol. The average molecular weight is 261 g/mol. The second kappa shape index (κ2) is 6.20. The van der Waals surface area contributed by atoms with Gasteiger partial charge in [0, 0.05) is 0 Å². The van der Waals surface area contributed by atoms with Crippen molar-refractivity contribution < 1.29 is 9.53 Å². The van der Waals surface area contributed by atoms with Gasteiger partial charge in [0.2, 0.25) is 0 Å². The molecule has 1 aliphatic rings. The van der Waals surface area contributed by atoms with Gasteiger partial charge in [-0.05, 0) is 64.9 Å². The summed E-state index contributed by atoms with van der Waals surface area (Å²) in [5.41, 5.74) is 0.683. The molecule has 0 amide bonds. The molecule has 1 unspecified atom stereocenters. The third kappa shape index (κ3) is 3.57. The van der Waals surface area contributed by atoms with Crippen molar-refractivity contribution in [3.05, 3.63) is 29.8 Å². The van der Waals surface area contributed by atoms with Gasteiger partial charge in [-0.15, -0.1) is 0 Å². The van der Waals surface area contributed by atoms with Gasteiger partial charge in [-0.25, -0.2) is 0 Å². The number of carbonyl (C=O) groups excluding carboxylic acids is 1. The van der Waals surface area contributed by atoms with Crippen LogP contribution in [0.5, 0.6) is 5.75 Å². The second-order valence-corrected chi connectivity index (χ2v) is 5.52. The molecule has 104 valence electrons. The van der Waals surface area contributed by atoms with Crippen LogP contribution in [0.2, 0.25) is 0 Å². The average Bonchev–Trinajstić information content (AvgIpc) is 2.39. The minimum atomic E-state index is 0.0613. The predicted molar refractivity (Wildman–Crippen MR) is 76.8 cm³/mol. The van der Waals surface area contributed by atoms with E-state index in [1.165, 1.54) is 12.8 Å². The molecule has 1 atom stereocenters. The highest BCUT2D eigenvalue weighted by molar-refractivity contribution is 5.96. The van der Waals surface area contributed by atoms with Gasteiger partial charge in [0.1, 0.15) is 5.75 Å². The maximum Gasteiger partial charge on any atom is 0.163 e. The SMILES string of the molecule is CC(=O)c1ccccc1OC(C)C1CCN(C)CC1. The first-order valence-electron chi connectivity index (χ1n) is 7.03. The molecule has 0 N–H and O–H groups in total. The first kappa shape index (κ1) is 14.1. The number of nitrogens with zero attached hydrogens (tertiary/aromatic N) is 1. The van der Waals surface area contributed by atoms with Crippen LogP contribution in [-0.4, -0.2) is 36.9 Å². The van der Waals surface area contributed by atoms with E-state index >= 15 is 0 Å². The number of rotatable bonds is 4. The summed E-state index contributed by atoms with van der Waals surface area (Å²) in [6.07, 6.45) is 2.49. The molecule has 0 bridgehead atoms. The van der Waals surface area contributed by atoms with Crippen LogP contribution in [0.3, 0.4) is 0 Å². The topological polar surface area (TPSA) is 29.5 Å². The van der Waals surface area contributed by atoms with Gasteiger partial charge in [0.25, 0.3) is 0 Å². The summed E-state index contributed by atoms with van der Waals surface area (Å²) in [4.78, 5) is 13.9. The van der Waals surface area contributed by atoms with Gasteiger partial charge in [-0.2, -0.15) is 0 Å². The fourth-order valence-corrected chi connectivity index (χ4v) is 2.65. The molecule has 1 saturated heterocycles. The number of piperidine rings is 1. The van der Waals surface area contributed by atoms with Crippen LogP contribution in [0.15, 0.2) is 24.3 Å². The van der Waals surface area contributed by atoms with E-state index in [4.69, 9.17) is 4.74 Å². The summed E-state index contributed by atoms with van der Waals surface area (Å²) in [5, 5.41) is 0. The number of likely N-dealkylation sites (tertiary alicyclic amines) is 1. The molecule has 3 nitrogen and oxygen atoms in total. The van der Waals surface area contributed by atoms with E-state index < -0.39 is 0 Å². The summed E-state index contributed by atoms with van der Waals surface area (Å²) < 4.78 is 6.04. The number of ether oxygens (including phenoxy) is 1. The zero-order valence-electron chi connectivity index (χ0n) is 12.1. The van der Waals surface area contributed by atoms with E-state index in [0.29, 0.717) is 11.5 Å². The van der Waals surface area contributed by atoms with Gasteiger partial charge < -0.3 is 9.64 Å². The largest absolute Gasteiger partial charge is 0.490 e. The van der Waals surface area contributed by atoms with Crippen LogP contribution in [0.4, 0.5) is 0 Å². The number of Topliss-reactive ketones (excluding diaryl/α,β-unsaturated/α-hetero) is 1. The van der Waals surface area contributed by atoms with E-state index in [0.717, 1.165) is 18.8 Å². The summed E-state index contributed by atoms with van der Waals surface area (Å²) in [7, 11) is 2.16. The van der Waals surface area contributed by atoms with Crippen LogP contribution >= 0.6 is 0 Å². The van der Waals surface area contributed by atoms with Gasteiger partial charge in [0.15, 0.2) is 5.78 Å². The third-order valence-corrected chi connectivity index (χ3v) is 4.01. The Kier molecular flexibility index (Phi) is 4.59. The minimum absolute atomic E-state index is 0.0613. The minimum Gasteiger partial charge on any atom is -0.490 e. The Balaban J connectivity index is 2.02. The first-order chi connectivity index (χ1) is 9.08. The van der Waals surface area contributed by atoms with Crippen molar-refractivity contribution in [2.24, 2.45) is 5.92 Å². The molecule has 0 saturated carbocycles. The Morgan fingerprint density at radius 2 is 1.95 bits per heavy atom. The van der Waals surface area contributed by atoms with Crippen molar-refractivity contribution in [2.75, 3.05) is 20.1 Å². The van der Waals surface area contributed by atoms with Gasteiger partial charge in [-0.3, -0.25) is 4.79 Å². The van der Waals surface area contributed by atoms with Crippen LogP contribution in [0.25, 0.3) is 0 Å². The Labute approximate surface area is 115 Å². The molecule has 1 aromatic rings. The molecule has 2 rings (SSSR count). The molecule has 19 heavy (non-hydrogen) atoms. The summed E-state index contributed by atoms with van der Waals surface area (Å²) in [6.45, 7) is 5.97. The smallest absolute Gasteiger partial charge is 0.163 e. The molecule has 1 aromatic carbocycles. The number of benzene rings is 1. The summed E-state index contributed by atoms with van der Waals surface area (Å²) in [5.74, 6) is 1.36. The lowest BCUT2D eigenvalue weighted by Gasteiger charge is -2.33. The lowest BCUT2D eigenvalue weighted by Crippen LogP contribution is -2.36. The molecule has 1 aliphatic heterocycles. The highest BCUT2D eigenvalue weighted by atomic mass is 16.5. The number of para-hydroxylation sites is 1. The van der Waals surface area contributed by atoms with E-state index in [-0.39, 0.29) is 11.9 Å². The van der Waals surface area contributed by atoms with Crippen molar-refractivity contribution in [1.82, 2.24) is 4.90 Å². The fraction of sp³-hybridized carbons (Fsp3) is 0.562. The van der Waals surface area contributed by atoms with Crippen molar-refractivity contribution in [3.63, 3.8) is 0 Å². The Morgan fingerprint density at radius 3 is 2.58 bits per heavy atom. The standard InChI is InChI=1S/C16H23NO2/c1-12(18)15-6-4-5-7-16(15)19-13(2)14-8-10-17(3)11-9-14/h4-7,13-14H,8-11H2,1-3H3. The molecular formula is C16H23NO2. The fourth-order valence-electron chi connectivity index (χ4n) is 2.65. The highest BCUT2D eigenvalue weighted by Gasteiger charge is 2.24. The number of hydrogen-bond acceptors (Lipinski definition) is 3. The third-order valence-electron chi connectivity index (χ3n) is 4.01. The molecule has 0 aliphatic carbocycles. The lowest BCUT2D eigenvalue weighted by atomic mass is 9.92. The number of ketones is 1. The van der Waals surface area contributed by atoms with E-state index in [1.807, 2.05) is 24.3 Å². The van der Waals surface area contributed by atoms with Crippen LogP contribution in [0, 0.1) is 5.92 Å². The van der Waals surface area contributed by atoms with E-state index in [1.54, 1.807) is 6.92 Å². The normalized spacial score (nSPS) is 19.1. The number of carbonyl (C=O) groups is 1.